The lowest BCUT2D eigenvalue weighted by Crippen LogP contribution is -2.11. The highest BCUT2D eigenvalue weighted by molar-refractivity contribution is 7.99. The number of aromatic nitrogens is 2. The number of hydrogen-bond donors (Lipinski definition) is 3. The number of methoxy groups -OCH3 is 2. The van der Waals surface area contributed by atoms with Gasteiger partial charge >= 0.3 is 12.1 Å². The van der Waals surface area contributed by atoms with E-state index < -0.39 is 12.1 Å². The molecule has 4 rings (SSSR count). The SMILES string of the molecule is COC(=O)Nc1nc2ccc(Sc3ccccc3)cc2[nH]1.COc1ccccc1C=CC(=O)O. The van der Waals surface area contributed by atoms with E-state index in [1.165, 1.54) is 18.1 Å². The number of carboxylic acid groups (broad SMARTS) is 1. The van der Waals surface area contributed by atoms with E-state index in [2.05, 4.69) is 32.2 Å². The minimum atomic E-state index is -0.967. The first-order valence-corrected chi connectivity index (χ1v) is 10.9. The van der Waals surface area contributed by atoms with Crippen LogP contribution in [0, 0.1) is 0 Å². The number of benzene rings is 3. The molecule has 3 aromatic carbocycles. The molecule has 174 valence electrons. The average Bonchev–Trinajstić information content (AvgIpc) is 3.25. The number of carbonyl (C=O) groups excluding carboxylic acids is 1. The Morgan fingerprint density at radius 2 is 1.74 bits per heavy atom. The van der Waals surface area contributed by atoms with E-state index in [1.807, 2.05) is 48.5 Å². The second-order valence-electron chi connectivity index (χ2n) is 6.71. The summed E-state index contributed by atoms with van der Waals surface area (Å²) in [6.45, 7) is 0. The third kappa shape index (κ3) is 7.14. The molecule has 1 heterocycles. The van der Waals surface area contributed by atoms with E-state index in [1.54, 1.807) is 31.0 Å². The molecule has 1 aromatic heterocycles. The number of ether oxygens (including phenoxy) is 2. The molecule has 0 aliphatic rings. The molecule has 1 amide bonds. The summed E-state index contributed by atoms with van der Waals surface area (Å²) in [7, 11) is 2.86. The molecule has 0 saturated heterocycles. The molecule has 4 aromatic rings. The first kappa shape index (κ1) is 24.4. The number of aliphatic carboxylic acids is 1. The number of carbonyl (C=O) groups is 2. The van der Waals surface area contributed by atoms with E-state index in [-0.39, 0.29) is 0 Å². The number of fused-ring (bicyclic) bond motifs is 1. The fraction of sp³-hybridized carbons (Fsp3) is 0.0800. The quantitative estimate of drug-likeness (QED) is 0.306. The monoisotopic (exact) mass is 477 g/mol. The van der Waals surface area contributed by atoms with Crippen LogP contribution in [0.4, 0.5) is 10.7 Å². The van der Waals surface area contributed by atoms with Gasteiger partial charge in [-0.05, 0) is 42.5 Å². The van der Waals surface area contributed by atoms with Crippen molar-refractivity contribution in [3.05, 3.63) is 84.4 Å². The van der Waals surface area contributed by atoms with Crippen molar-refractivity contribution in [1.29, 1.82) is 0 Å². The van der Waals surface area contributed by atoms with Crippen LogP contribution >= 0.6 is 11.8 Å². The maximum absolute atomic E-state index is 11.2. The van der Waals surface area contributed by atoms with Crippen molar-refractivity contribution in [1.82, 2.24) is 9.97 Å². The summed E-state index contributed by atoms with van der Waals surface area (Å²) in [5, 5.41) is 10.9. The van der Waals surface area contributed by atoms with Crippen molar-refractivity contribution in [2.24, 2.45) is 0 Å². The summed E-state index contributed by atoms with van der Waals surface area (Å²) in [5.74, 6) is 0.0737. The third-order valence-electron chi connectivity index (χ3n) is 4.38. The van der Waals surface area contributed by atoms with Gasteiger partial charge in [-0.1, -0.05) is 48.2 Å². The fourth-order valence-corrected chi connectivity index (χ4v) is 3.73. The van der Waals surface area contributed by atoms with Gasteiger partial charge in [-0.3, -0.25) is 5.32 Å². The number of nitrogens with one attached hydrogen (secondary N) is 2. The summed E-state index contributed by atoms with van der Waals surface area (Å²) in [4.78, 5) is 31.0. The molecule has 0 aliphatic heterocycles. The largest absolute Gasteiger partial charge is 0.496 e. The molecule has 0 unspecified atom stereocenters. The first-order chi connectivity index (χ1) is 16.5. The number of nitrogens with zero attached hydrogens (tertiary/aromatic N) is 1. The Balaban J connectivity index is 0.000000215. The van der Waals surface area contributed by atoms with Crippen molar-refractivity contribution in [2.45, 2.75) is 9.79 Å². The van der Waals surface area contributed by atoms with Crippen LogP contribution in [-0.2, 0) is 9.53 Å². The Labute approximate surface area is 200 Å². The van der Waals surface area contributed by atoms with Crippen molar-refractivity contribution < 1.29 is 24.2 Å². The van der Waals surface area contributed by atoms with Gasteiger partial charge in [-0.15, -0.1) is 0 Å². The maximum atomic E-state index is 11.2. The van der Waals surface area contributed by atoms with Crippen LogP contribution in [0.3, 0.4) is 0 Å². The van der Waals surface area contributed by atoms with Gasteiger partial charge in [0.05, 0.1) is 25.3 Å². The zero-order valence-electron chi connectivity index (χ0n) is 18.5. The molecular formula is C25H23N3O5S. The highest BCUT2D eigenvalue weighted by atomic mass is 32.2. The van der Waals surface area contributed by atoms with Crippen molar-refractivity contribution in [3.8, 4) is 5.75 Å². The van der Waals surface area contributed by atoms with Crippen molar-refractivity contribution in [2.75, 3.05) is 19.5 Å². The number of amides is 1. The Hall–Kier alpha value is -4.24. The zero-order chi connectivity index (χ0) is 24.3. The van der Waals surface area contributed by atoms with Gasteiger partial charge in [0, 0.05) is 21.4 Å². The second-order valence-corrected chi connectivity index (χ2v) is 7.86. The van der Waals surface area contributed by atoms with Gasteiger partial charge < -0.3 is 19.6 Å². The number of rotatable bonds is 6. The minimum Gasteiger partial charge on any atom is -0.496 e. The van der Waals surface area contributed by atoms with Crippen LogP contribution < -0.4 is 10.1 Å². The molecule has 3 N–H and O–H groups in total. The van der Waals surface area contributed by atoms with Crippen molar-refractivity contribution >= 4 is 46.9 Å². The van der Waals surface area contributed by atoms with Crippen LogP contribution in [0.2, 0.25) is 0 Å². The minimum absolute atomic E-state index is 0.374. The van der Waals surface area contributed by atoms with Gasteiger partial charge in [0.2, 0.25) is 5.95 Å². The molecule has 0 bridgehead atoms. The predicted molar refractivity (Wildman–Crippen MR) is 132 cm³/mol. The summed E-state index contributed by atoms with van der Waals surface area (Å²) in [5.41, 5.74) is 2.41. The molecule has 0 aliphatic carbocycles. The third-order valence-corrected chi connectivity index (χ3v) is 5.38. The lowest BCUT2D eigenvalue weighted by Gasteiger charge is -2.02. The first-order valence-electron chi connectivity index (χ1n) is 10.1. The molecule has 0 atom stereocenters. The predicted octanol–water partition coefficient (Wildman–Crippen LogP) is 5.69. The van der Waals surface area contributed by atoms with E-state index in [0.717, 1.165) is 27.6 Å². The molecule has 0 fully saturated rings. The van der Waals surface area contributed by atoms with Gasteiger partial charge in [-0.25, -0.2) is 14.6 Å². The second kappa shape index (κ2) is 12.1. The lowest BCUT2D eigenvalue weighted by molar-refractivity contribution is -0.131. The number of H-pyrrole nitrogens is 1. The normalized spacial score (nSPS) is 10.4. The van der Waals surface area contributed by atoms with Crippen LogP contribution in [0.25, 0.3) is 17.1 Å². The summed E-state index contributed by atoms with van der Waals surface area (Å²) < 4.78 is 9.57. The molecule has 34 heavy (non-hydrogen) atoms. The Bertz CT molecular complexity index is 1290. The lowest BCUT2D eigenvalue weighted by atomic mass is 10.2. The number of anilines is 1. The van der Waals surface area contributed by atoms with E-state index in [0.29, 0.717) is 11.7 Å². The van der Waals surface area contributed by atoms with Crippen molar-refractivity contribution in [3.63, 3.8) is 0 Å². The Kier molecular flexibility index (Phi) is 8.70. The van der Waals surface area contributed by atoms with E-state index in [4.69, 9.17) is 9.84 Å². The molecular weight excluding hydrogens is 454 g/mol. The van der Waals surface area contributed by atoms with Crippen LogP contribution in [0.1, 0.15) is 5.56 Å². The molecule has 0 saturated carbocycles. The van der Waals surface area contributed by atoms with E-state index in [9.17, 15) is 9.59 Å². The van der Waals surface area contributed by atoms with Gasteiger partial charge in [-0.2, -0.15) is 0 Å². The van der Waals surface area contributed by atoms with Crippen LogP contribution in [0.15, 0.2) is 88.7 Å². The van der Waals surface area contributed by atoms with Gasteiger partial charge in [0.25, 0.3) is 0 Å². The number of para-hydroxylation sites is 1. The van der Waals surface area contributed by atoms with Gasteiger partial charge in [0.1, 0.15) is 5.75 Å². The average molecular weight is 478 g/mol. The number of aromatic amines is 1. The Morgan fingerprint density at radius 3 is 2.44 bits per heavy atom. The Morgan fingerprint density at radius 1 is 1.00 bits per heavy atom. The number of hydrogen-bond acceptors (Lipinski definition) is 6. The topological polar surface area (TPSA) is 114 Å². The summed E-state index contributed by atoms with van der Waals surface area (Å²) >= 11 is 1.67. The molecule has 0 radical (unpaired) electrons. The summed E-state index contributed by atoms with van der Waals surface area (Å²) in [6, 6.07) is 23.3. The highest BCUT2D eigenvalue weighted by Gasteiger charge is 2.07. The maximum Gasteiger partial charge on any atom is 0.413 e. The zero-order valence-corrected chi connectivity index (χ0v) is 19.3. The number of carboxylic acids is 1. The van der Waals surface area contributed by atoms with Crippen LogP contribution in [-0.4, -0.2) is 41.4 Å². The smallest absolute Gasteiger partial charge is 0.413 e. The van der Waals surface area contributed by atoms with Crippen LogP contribution in [0.5, 0.6) is 5.75 Å². The molecule has 8 nitrogen and oxygen atoms in total. The fourth-order valence-electron chi connectivity index (χ4n) is 2.85. The standard InChI is InChI=1S/C15H13N3O2S.C10H10O3/c1-20-15(19)18-14-16-12-8-7-11(9-13(12)17-14)21-10-5-3-2-4-6-10;1-13-9-5-3-2-4-8(9)6-7-10(11)12/h2-9H,1H3,(H2,16,17,18,19);2-7H,1H3,(H,11,12). The van der Waals surface area contributed by atoms with E-state index >= 15 is 0 Å². The molecule has 9 heteroatoms. The summed E-state index contributed by atoms with van der Waals surface area (Å²) in [6.07, 6.45) is 2.03. The molecule has 0 spiro atoms. The highest BCUT2D eigenvalue weighted by Crippen LogP contribution is 2.29. The number of imidazole rings is 1. The van der Waals surface area contributed by atoms with Gasteiger partial charge in [0.15, 0.2) is 0 Å².